The molecule has 0 bridgehead atoms. The van der Waals surface area contributed by atoms with Crippen LogP contribution in [-0.2, 0) is 0 Å². The normalized spacial score (nSPS) is 19.1. The van der Waals surface area contributed by atoms with Crippen molar-refractivity contribution in [2.24, 2.45) is 5.92 Å². The van der Waals surface area contributed by atoms with Crippen LogP contribution in [0.25, 0.3) is 0 Å². The second-order valence-corrected chi connectivity index (χ2v) is 2.73. The lowest BCUT2D eigenvalue weighted by Crippen LogP contribution is -2.04. The molecule has 1 heteroatoms. The fraction of sp³-hybridized carbons (Fsp3) is 0.667. The van der Waals surface area contributed by atoms with E-state index in [0.29, 0.717) is 0 Å². The summed E-state index contributed by atoms with van der Waals surface area (Å²) >= 11 is 0. The van der Waals surface area contributed by atoms with Crippen molar-refractivity contribution in [1.82, 2.24) is 0 Å². The lowest BCUT2D eigenvalue weighted by atomic mass is 9.87. The number of hydrogen-bond acceptors (Lipinski definition) is 0. The Morgan fingerprint density at radius 2 is 2.40 bits per heavy atom. The Morgan fingerprint density at radius 3 is 2.90 bits per heavy atom. The zero-order chi connectivity index (χ0) is 6.53. The Labute approximate surface area is 69.8 Å². The highest BCUT2D eigenvalue weighted by Crippen LogP contribution is 2.24. The lowest BCUT2D eigenvalue weighted by Gasteiger charge is -2.18. The zero-order valence-electron chi connectivity index (χ0n) is 6.18. The minimum absolute atomic E-state index is 0. The Kier molecular flexibility index (Phi) is 5.54. The van der Waals surface area contributed by atoms with E-state index >= 15 is 0 Å². The van der Waals surface area contributed by atoms with Gasteiger partial charge in [-0.3, -0.25) is 0 Å². The summed E-state index contributed by atoms with van der Waals surface area (Å²) in [5.74, 6) is 3.53. The Morgan fingerprint density at radius 1 is 1.60 bits per heavy atom. The van der Waals surface area contributed by atoms with Crippen molar-refractivity contribution in [2.75, 3.05) is 0 Å². The molecule has 0 aromatic rings. The lowest BCUT2D eigenvalue weighted by molar-refractivity contribution is 0.423. The number of rotatable bonds is 1. The molecule has 1 radical (unpaired) electrons. The van der Waals surface area contributed by atoms with Crippen LogP contribution >= 0.6 is 12.4 Å². The van der Waals surface area contributed by atoms with Crippen molar-refractivity contribution in [1.29, 1.82) is 0 Å². The van der Waals surface area contributed by atoms with E-state index in [2.05, 4.69) is 12.3 Å². The molecule has 1 fully saturated rings. The smallest absolute Gasteiger partial charge is 0.0114 e. The molecule has 0 amide bonds. The second kappa shape index (κ2) is 5.62. The number of hydrogen-bond donors (Lipinski definition) is 0. The topological polar surface area (TPSA) is 0 Å². The first-order valence-corrected chi connectivity index (χ1v) is 3.68. The highest BCUT2D eigenvalue weighted by molar-refractivity contribution is 5.85. The second-order valence-electron chi connectivity index (χ2n) is 2.73. The van der Waals surface area contributed by atoms with Crippen molar-refractivity contribution in [3.8, 4) is 12.3 Å². The standard InChI is InChI=1S/C9H13.ClH/c1-2-6-9-7-4-3-5-8-9;/h1,4,9H,3,5-8H2;1H. The predicted molar refractivity (Wildman–Crippen MR) is 47.0 cm³/mol. The molecule has 1 saturated carbocycles. The molecule has 1 aliphatic carbocycles. The molecule has 0 aliphatic heterocycles. The van der Waals surface area contributed by atoms with Crippen molar-refractivity contribution in [2.45, 2.75) is 32.1 Å². The highest BCUT2D eigenvalue weighted by Gasteiger charge is 2.11. The van der Waals surface area contributed by atoms with Crippen LogP contribution in [0.2, 0.25) is 0 Å². The summed E-state index contributed by atoms with van der Waals surface area (Å²) in [6, 6.07) is 0. The first-order valence-electron chi connectivity index (χ1n) is 3.68. The van der Waals surface area contributed by atoms with Crippen LogP contribution in [0.5, 0.6) is 0 Å². The number of halogens is 1. The molecule has 0 aromatic carbocycles. The minimum Gasteiger partial charge on any atom is -0.147 e. The third-order valence-electron chi connectivity index (χ3n) is 1.93. The summed E-state index contributed by atoms with van der Waals surface area (Å²) in [5.41, 5.74) is 0. The summed E-state index contributed by atoms with van der Waals surface area (Å²) in [7, 11) is 0. The molecule has 0 heterocycles. The average molecular weight is 158 g/mol. The molecule has 0 saturated heterocycles. The van der Waals surface area contributed by atoms with E-state index < -0.39 is 0 Å². The molecule has 57 valence electrons. The summed E-state index contributed by atoms with van der Waals surface area (Å²) in [6.07, 6.45) is 13.8. The van der Waals surface area contributed by atoms with Crippen LogP contribution < -0.4 is 0 Å². The molecule has 1 rings (SSSR count). The summed E-state index contributed by atoms with van der Waals surface area (Å²) in [5, 5.41) is 0. The van der Waals surface area contributed by atoms with Gasteiger partial charge in [0.25, 0.3) is 0 Å². The largest absolute Gasteiger partial charge is 0.147 e. The average Bonchev–Trinajstić information content (AvgIpc) is 1.91. The third-order valence-corrected chi connectivity index (χ3v) is 1.93. The maximum absolute atomic E-state index is 5.20. The van der Waals surface area contributed by atoms with Crippen LogP contribution in [0.1, 0.15) is 32.1 Å². The van der Waals surface area contributed by atoms with E-state index in [9.17, 15) is 0 Å². The monoisotopic (exact) mass is 157 g/mol. The first-order chi connectivity index (χ1) is 4.43. The van der Waals surface area contributed by atoms with Gasteiger partial charge in [-0.25, -0.2) is 0 Å². The SMILES string of the molecule is C#CCC1C[CH]CCC1.Cl. The maximum Gasteiger partial charge on any atom is 0.0114 e. The van der Waals surface area contributed by atoms with Crippen LogP contribution in [0.15, 0.2) is 0 Å². The highest BCUT2D eigenvalue weighted by atomic mass is 35.5. The summed E-state index contributed by atoms with van der Waals surface area (Å²) in [4.78, 5) is 0. The van der Waals surface area contributed by atoms with Gasteiger partial charge in [0.2, 0.25) is 0 Å². The van der Waals surface area contributed by atoms with Crippen molar-refractivity contribution in [3.63, 3.8) is 0 Å². The fourth-order valence-electron chi connectivity index (χ4n) is 1.37. The van der Waals surface area contributed by atoms with Gasteiger partial charge in [-0.1, -0.05) is 12.8 Å². The van der Waals surface area contributed by atoms with E-state index in [4.69, 9.17) is 6.42 Å². The Balaban J connectivity index is 0.000000810. The molecule has 1 aliphatic rings. The van der Waals surface area contributed by atoms with Crippen LogP contribution in [0.3, 0.4) is 0 Å². The van der Waals surface area contributed by atoms with Gasteiger partial charge < -0.3 is 0 Å². The van der Waals surface area contributed by atoms with E-state index in [1.54, 1.807) is 0 Å². The molecular weight excluding hydrogens is 144 g/mol. The van der Waals surface area contributed by atoms with Crippen molar-refractivity contribution in [3.05, 3.63) is 6.42 Å². The third kappa shape index (κ3) is 3.13. The zero-order valence-corrected chi connectivity index (χ0v) is 6.99. The van der Waals surface area contributed by atoms with Crippen LogP contribution in [0.4, 0.5) is 0 Å². The van der Waals surface area contributed by atoms with Gasteiger partial charge in [0, 0.05) is 6.42 Å². The predicted octanol–water partition coefficient (Wildman–Crippen LogP) is 2.83. The fourth-order valence-corrected chi connectivity index (χ4v) is 1.37. The van der Waals surface area contributed by atoms with Gasteiger partial charge in [-0.15, -0.1) is 24.8 Å². The minimum atomic E-state index is 0. The van der Waals surface area contributed by atoms with E-state index in [1.807, 2.05) is 0 Å². The maximum atomic E-state index is 5.20. The van der Waals surface area contributed by atoms with Gasteiger partial charge in [-0.05, 0) is 25.2 Å². The molecule has 0 nitrogen and oxygen atoms in total. The molecule has 1 atom stereocenters. The van der Waals surface area contributed by atoms with Gasteiger partial charge in [-0.2, -0.15) is 0 Å². The quantitative estimate of drug-likeness (QED) is 0.514. The van der Waals surface area contributed by atoms with Crippen molar-refractivity contribution < 1.29 is 0 Å². The first kappa shape index (κ1) is 9.85. The molecule has 0 N–H and O–H groups in total. The van der Waals surface area contributed by atoms with E-state index in [-0.39, 0.29) is 12.4 Å². The number of terminal acetylenes is 1. The van der Waals surface area contributed by atoms with Gasteiger partial charge in [0.05, 0.1) is 0 Å². The van der Waals surface area contributed by atoms with Crippen LogP contribution in [0, 0.1) is 24.7 Å². The van der Waals surface area contributed by atoms with Gasteiger partial charge >= 0.3 is 0 Å². The van der Waals surface area contributed by atoms with Gasteiger partial charge in [0.1, 0.15) is 0 Å². The summed E-state index contributed by atoms with van der Waals surface area (Å²) in [6.45, 7) is 0. The van der Waals surface area contributed by atoms with E-state index in [0.717, 1.165) is 12.3 Å². The Bertz CT molecular complexity index is 106. The molecule has 1 unspecified atom stereocenters. The van der Waals surface area contributed by atoms with Crippen molar-refractivity contribution >= 4 is 12.4 Å². The molecule has 10 heavy (non-hydrogen) atoms. The molecule has 0 spiro atoms. The molecule has 0 aromatic heterocycles. The van der Waals surface area contributed by atoms with Gasteiger partial charge in [0.15, 0.2) is 0 Å². The molecular formula is C9H14Cl. The Hall–Kier alpha value is -0.150. The van der Waals surface area contributed by atoms with Crippen LogP contribution in [-0.4, -0.2) is 0 Å². The van der Waals surface area contributed by atoms with E-state index in [1.165, 1.54) is 25.7 Å². The summed E-state index contributed by atoms with van der Waals surface area (Å²) < 4.78 is 0.